The quantitative estimate of drug-likeness (QED) is 0.809. The van der Waals surface area contributed by atoms with Crippen LogP contribution in [-0.4, -0.2) is 35.2 Å². The summed E-state index contributed by atoms with van der Waals surface area (Å²) in [6, 6.07) is 15.7. The number of carbonyl (C=O) groups is 1. The number of benzene rings is 2. The first-order valence-electron chi connectivity index (χ1n) is 9.60. The molecule has 0 spiro atoms. The molecule has 5 heteroatoms. The summed E-state index contributed by atoms with van der Waals surface area (Å²) in [5.41, 5.74) is 1.60. The van der Waals surface area contributed by atoms with Gasteiger partial charge in [-0.2, -0.15) is 0 Å². The van der Waals surface area contributed by atoms with E-state index in [-0.39, 0.29) is 18.1 Å². The Balaban J connectivity index is 1.30. The number of nitrogens with zero attached hydrogens (tertiary/aromatic N) is 1. The van der Waals surface area contributed by atoms with E-state index in [9.17, 15) is 9.18 Å². The Kier molecular flexibility index (Phi) is 5.50. The third-order valence-corrected chi connectivity index (χ3v) is 7.04. The Morgan fingerprint density at radius 2 is 1.70 bits per heavy atom. The third-order valence-electron chi connectivity index (χ3n) is 5.77. The number of anilines is 1. The van der Waals surface area contributed by atoms with Crippen LogP contribution in [0.25, 0.3) is 0 Å². The summed E-state index contributed by atoms with van der Waals surface area (Å²) in [7, 11) is 2.27. The van der Waals surface area contributed by atoms with E-state index in [1.54, 1.807) is 12.1 Å². The van der Waals surface area contributed by atoms with Crippen LogP contribution in [0.4, 0.5) is 10.1 Å². The summed E-state index contributed by atoms with van der Waals surface area (Å²) in [6.45, 7) is 0. The second-order valence-corrected chi connectivity index (χ2v) is 9.01. The number of amides is 1. The predicted octanol–water partition coefficient (Wildman–Crippen LogP) is 4.72. The molecule has 0 saturated carbocycles. The van der Waals surface area contributed by atoms with E-state index >= 15 is 0 Å². The van der Waals surface area contributed by atoms with Gasteiger partial charge in [-0.05, 0) is 74.7 Å². The summed E-state index contributed by atoms with van der Waals surface area (Å²) in [6.07, 6.45) is 5.48. The summed E-state index contributed by atoms with van der Waals surface area (Å²) >= 11 is 1.97. The van der Waals surface area contributed by atoms with E-state index < -0.39 is 0 Å². The molecule has 3 nitrogen and oxygen atoms in total. The highest BCUT2D eigenvalue weighted by atomic mass is 32.2. The average Bonchev–Trinajstić information content (AvgIpc) is 2.87. The molecule has 0 aromatic heterocycles. The molecule has 27 heavy (non-hydrogen) atoms. The van der Waals surface area contributed by atoms with Crippen LogP contribution in [0, 0.1) is 5.82 Å². The Bertz CT molecular complexity index is 779. The lowest BCUT2D eigenvalue weighted by Gasteiger charge is -2.36. The molecule has 2 aliphatic heterocycles. The molecule has 2 aromatic carbocycles. The SMILES string of the molecule is CN1C2CCC1CC(Sc1ccc(NC(=O)Cc3ccc(F)cc3)cc1)C2. The van der Waals surface area contributed by atoms with E-state index in [1.165, 1.54) is 42.7 Å². The average molecular weight is 385 g/mol. The van der Waals surface area contributed by atoms with E-state index in [1.807, 2.05) is 23.9 Å². The first-order chi connectivity index (χ1) is 13.1. The number of hydrogen-bond donors (Lipinski definition) is 1. The van der Waals surface area contributed by atoms with Gasteiger partial charge in [0.15, 0.2) is 0 Å². The van der Waals surface area contributed by atoms with Gasteiger partial charge in [0.25, 0.3) is 0 Å². The normalized spacial score (nSPS) is 24.7. The molecule has 2 heterocycles. The van der Waals surface area contributed by atoms with Crippen molar-refractivity contribution in [3.05, 3.63) is 59.9 Å². The third kappa shape index (κ3) is 4.53. The molecule has 2 aliphatic rings. The van der Waals surface area contributed by atoms with Gasteiger partial charge in [0.2, 0.25) is 5.91 Å². The van der Waals surface area contributed by atoms with Gasteiger partial charge in [-0.15, -0.1) is 11.8 Å². The molecular weight excluding hydrogens is 359 g/mol. The van der Waals surface area contributed by atoms with E-state index in [4.69, 9.17) is 0 Å². The summed E-state index contributed by atoms with van der Waals surface area (Å²) < 4.78 is 12.9. The molecule has 2 aromatic rings. The minimum atomic E-state index is -0.287. The molecule has 2 saturated heterocycles. The maximum atomic E-state index is 12.9. The van der Waals surface area contributed by atoms with Crippen molar-refractivity contribution in [1.82, 2.24) is 4.90 Å². The number of fused-ring (bicyclic) bond motifs is 2. The van der Waals surface area contributed by atoms with Crippen molar-refractivity contribution in [2.75, 3.05) is 12.4 Å². The maximum Gasteiger partial charge on any atom is 0.228 e. The van der Waals surface area contributed by atoms with Gasteiger partial charge in [-0.1, -0.05) is 12.1 Å². The highest BCUT2D eigenvalue weighted by Crippen LogP contribution is 2.41. The second kappa shape index (κ2) is 8.03. The summed E-state index contributed by atoms with van der Waals surface area (Å²) in [5.74, 6) is -0.376. The van der Waals surface area contributed by atoms with Gasteiger partial charge < -0.3 is 10.2 Å². The molecule has 2 bridgehead atoms. The van der Waals surface area contributed by atoms with Crippen LogP contribution in [0.5, 0.6) is 0 Å². The lowest BCUT2D eigenvalue weighted by molar-refractivity contribution is -0.115. The molecule has 2 atom stereocenters. The van der Waals surface area contributed by atoms with Crippen LogP contribution < -0.4 is 5.32 Å². The van der Waals surface area contributed by atoms with Crippen molar-refractivity contribution in [3.8, 4) is 0 Å². The van der Waals surface area contributed by atoms with Crippen molar-refractivity contribution in [3.63, 3.8) is 0 Å². The molecule has 2 unspecified atom stereocenters. The van der Waals surface area contributed by atoms with E-state index in [2.05, 4.69) is 29.4 Å². The molecule has 4 rings (SSSR count). The first kappa shape index (κ1) is 18.5. The van der Waals surface area contributed by atoms with Crippen molar-refractivity contribution >= 4 is 23.4 Å². The number of rotatable bonds is 5. The number of piperidine rings is 1. The standard InChI is InChI=1S/C22H25FN2OS/c1-25-18-8-9-19(25)14-21(13-18)27-20-10-6-17(7-11-20)24-22(26)12-15-2-4-16(23)5-3-15/h2-7,10-11,18-19,21H,8-9,12-14H2,1H3,(H,24,26). The van der Waals surface area contributed by atoms with Crippen molar-refractivity contribution in [2.45, 2.75) is 54.3 Å². The zero-order chi connectivity index (χ0) is 18.8. The first-order valence-corrected chi connectivity index (χ1v) is 10.5. The van der Waals surface area contributed by atoms with Crippen LogP contribution in [0.2, 0.25) is 0 Å². The minimum Gasteiger partial charge on any atom is -0.326 e. The van der Waals surface area contributed by atoms with Crippen LogP contribution >= 0.6 is 11.8 Å². The lowest BCUT2D eigenvalue weighted by atomic mass is 10.0. The van der Waals surface area contributed by atoms with Crippen LogP contribution in [0.1, 0.15) is 31.2 Å². The van der Waals surface area contributed by atoms with Gasteiger partial charge >= 0.3 is 0 Å². The highest BCUT2D eigenvalue weighted by molar-refractivity contribution is 8.00. The number of carbonyl (C=O) groups excluding carboxylic acids is 1. The Morgan fingerprint density at radius 3 is 2.33 bits per heavy atom. The fraction of sp³-hybridized carbons (Fsp3) is 0.409. The highest BCUT2D eigenvalue weighted by Gasteiger charge is 2.38. The van der Waals surface area contributed by atoms with E-state index in [0.29, 0.717) is 5.25 Å². The molecular formula is C22H25FN2OS. The van der Waals surface area contributed by atoms with Crippen LogP contribution in [-0.2, 0) is 11.2 Å². The van der Waals surface area contributed by atoms with Gasteiger partial charge in [0, 0.05) is 27.9 Å². The van der Waals surface area contributed by atoms with Crippen molar-refractivity contribution in [2.24, 2.45) is 0 Å². The molecule has 1 N–H and O–H groups in total. The number of halogens is 1. The van der Waals surface area contributed by atoms with Gasteiger partial charge in [-0.3, -0.25) is 4.79 Å². The van der Waals surface area contributed by atoms with Crippen molar-refractivity contribution < 1.29 is 9.18 Å². The lowest BCUT2D eigenvalue weighted by Crippen LogP contribution is -2.40. The second-order valence-electron chi connectivity index (χ2n) is 7.64. The fourth-order valence-electron chi connectivity index (χ4n) is 4.26. The zero-order valence-corrected chi connectivity index (χ0v) is 16.3. The van der Waals surface area contributed by atoms with E-state index in [0.717, 1.165) is 23.3 Å². The number of thioether (sulfide) groups is 1. The van der Waals surface area contributed by atoms with Gasteiger partial charge in [-0.25, -0.2) is 4.39 Å². The van der Waals surface area contributed by atoms with Crippen LogP contribution in [0.15, 0.2) is 53.4 Å². The maximum absolute atomic E-state index is 12.9. The van der Waals surface area contributed by atoms with Crippen LogP contribution in [0.3, 0.4) is 0 Å². The topological polar surface area (TPSA) is 32.3 Å². The van der Waals surface area contributed by atoms with Gasteiger partial charge in [0.1, 0.15) is 5.82 Å². The number of nitrogens with one attached hydrogen (secondary N) is 1. The largest absolute Gasteiger partial charge is 0.326 e. The Labute approximate surface area is 164 Å². The fourth-order valence-corrected chi connectivity index (χ4v) is 5.57. The minimum absolute atomic E-state index is 0.0890. The predicted molar refractivity (Wildman–Crippen MR) is 109 cm³/mol. The Hall–Kier alpha value is -1.85. The smallest absolute Gasteiger partial charge is 0.228 e. The zero-order valence-electron chi connectivity index (χ0n) is 15.5. The summed E-state index contributed by atoms with van der Waals surface area (Å²) in [5, 5.41) is 3.61. The van der Waals surface area contributed by atoms with Gasteiger partial charge in [0.05, 0.1) is 6.42 Å². The number of hydrogen-bond acceptors (Lipinski definition) is 3. The molecule has 0 aliphatic carbocycles. The molecule has 1 amide bonds. The molecule has 0 radical (unpaired) electrons. The molecule has 142 valence electrons. The molecule has 2 fully saturated rings. The van der Waals surface area contributed by atoms with Crippen molar-refractivity contribution in [1.29, 1.82) is 0 Å². The Morgan fingerprint density at radius 1 is 1.07 bits per heavy atom. The monoisotopic (exact) mass is 384 g/mol. The summed E-state index contributed by atoms with van der Waals surface area (Å²) in [4.78, 5) is 16.0.